The van der Waals surface area contributed by atoms with E-state index in [9.17, 15) is 18.0 Å². The van der Waals surface area contributed by atoms with Gasteiger partial charge in [0.05, 0.1) is 11.4 Å². The first kappa shape index (κ1) is 27.3. The van der Waals surface area contributed by atoms with E-state index >= 15 is 0 Å². The van der Waals surface area contributed by atoms with E-state index < -0.39 is 28.5 Å². The molecule has 200 valence electrons. The van der Waals surface area contributed by atoms with E-state index in [1.165, 1.54) is 6.07 Å². The quantitative estimate of drug-likeness (QED) is 0.246. The van der Waals surface area contributed by atoms with Crippen molar-refractivity contribution in [3.63, 3.8) is 0 Å². The number of sulfonamides is 1. The average Bonchev–Trinajstić information content (AvgIpc) is 3.21. The van der Waals surface area contributed by atoms with E-state index in [-0.39, 0.29) is 23.1 Å². The Bertz CT molecular complexity index is 1410. The highest BCUT2D eigenvalue weighted by molar-refractivity contribution is 7.89. The highest BCUT2D eigenvalue weighted by Crippen LogP contribution is 2.19. The number of carbonyl (C=O) groups excluding carboxylic acids is 2. The van der Waals surface area contributed by atoms with Crippen LogP contribution in [-0.4, -0.2) is 56.6 Å². The van der Waals surface area contributed by atoms with Crippen LogP contribution in [0.5, 0.6) is 0 Å². The predicted molar refractivity (Wildman–Crippen MR) is 147 cm³/mol. The fourth-order valence-electron chi connectivity index (χ4n) is 4.59. The number of nitrogens with zero attached hydrogens (tertiary/aromatic N) is 1. The molecule has 0 saturated carbocycles. The van der Waals surface area contributed by atoms with Crippen LogP contribution in [0.4, 0.5) is 0 Å². The Morgan fingerprint density at radius 2 is 1.58 bits per heavy atom. The number of nitrogens with one attached hydrogen (secondary N) is 3. The smallest absolute Gasteiger partial charge is 0.245 e. The summed E-state index contributed by atoms with van der Waals surface area (Å²) >= 11 is 0. The first-order valence-corrected chi connectivity index (χ1v) is 14.2. The van der Waals surface area contributed by atoms with Crippen molar-refractivity contribution in [3.8, 4) is 0 Å². The van der Waals surface area contributed by atoms with Crippen LogP contribution in [0, 0.1) is 5.41 Å². The summed E-state index contributed by atoms with van der Waals surface area (Å²) in [6.07, 6.45) is 4.17. The molecular weight excluding hydrogens is 502 g/mol. The third-order valence-corrected chi connectivity index (χ3v) is 8.11. The summed E-state index contributed by atoms with van der Waals surface area (Å²) in [5, 5.41) is 12.0. The van der Waals surface area contributed by atoms with Crippen LogP contribution in [0.3, 0.4) is 0 Å². The molecule has 1 atom stereocenters. The Hall–Kier alpha value is -3.76. The van der Waals surface area contributed by atoms with Crippen LogP contribution in [0.2, 0.25) is 0 Å². The maximum Gasteiger partial charge on any atom is 0.245 e. The van der Waals surface area contributed by atoms with Gasteiger partial charge in [-0.1, -0.05) is 67.4 Å². The van der Waals surface area contributed by atoms with E-state index in [4.69, 9.17) is 11.1 Å². The lowest BCUT2D eigenvalue weighted by atomic mass is 10.0. The van der Waals surface area contributed by atoms with E-state index in [1.54, 1.807) is 41.3 Å². The minimum atomic E-state index is -3.94. The second-order valence-corrected chi connectivity index (χ2v) is 11.3. The summed E-state index contributed by atoms with van der Waals surface area (Å²) in [5.41, 5.74) is 6.90. The first-order valence-electron chi connectivity index (χ1n) is 12.7. The van der Waals surface area contributed by atoms with Crippen LogP contribution in [0.1, 0.15) is 36.8 Å². The van der Waals surface area contributed by atoms with Crippen molar-refractivity contribution in [2.75, 3.05) is 19.6 Å². The Morgan fingerprint density at radius 1 is 0.921 bits per heavy atom. The van der Waals surface area contributed by atoms with Gasteiger partial charge in [0, 0.05) is 25.1 Å². The molecule has 4 rings (SSSR count). The molecule has 38 heavy (non-hydrogen) atoms. The Kier molecular flexibility index (Phi) is 8.75. The van der Waals surface area contributed by atoms with Crippen molar-refractivity contribution in [2.45, 2.75) is 43.0 Å². The molecule has 10 heteroatoms. The molecular formula is C28H33N5O4S. The van der Waals surface area contributed by atoms with Crippen LogP contribution in [-0.2, 0) is 26.0 Å². The molecule has 9 nitrogen and oxygen atoms in total. The SMILES string of the molecule is N=C(N)c1ccc(C[C@@H](NC(=O)CNS(=O)(=O)c2ccc3ccccc3c2)C(=O)N2CCCCCC2)cc1. The number of amides is 2. The predicted octanol–water partition coefficient (Wildman–Crippen LogP) is 2.53. The molecule has 5 N–H and O–H groups in total. The van der Waals surface area contributed by atoms with Gasteiger partial charge in [-0.25, -0.2) is 13.1 Å². The molecule has 1 fully saturated rings. The zero-order valence-corrected chi connectivity index (χ0v) is 22.0. The summed E-state index contributed by atoms with van der Waals surface area (Å²) in [4.78, 5) is 28.2. The van der Waals surface area contributed by atoms with Gasteiger partial charge >= 0.3 is 0 Å². The normalized spacial score (nSPS) is 15.0. The number of carbonyl (C=O) groups is 2. The van der Waals surface area contributed by atoms with Gasteiger partial charge in [-0.05, 0) is 41.3 Å². The zero-order chi connectivity index (χ0) is 27.1. The lowest BCUT2D eigenvalue weighted by Gasteiger charge is -2.27. The molecule has 1 aliphatic rings. The van der Waals surface area contributed by atoms with Crippen LogP contribution in [0.15, 0.2) is 71.6 Å². The highest BCUT2D eigenvalue weighted by Gasteiger charge is 2.27. The van der Waals surface area contributed by atoms with E-state index in [0.717, 1.165) is 42.0 Å². The third kappa shape index (κ3) is 6.96. The van der Waals surface area contributed by atoms with Gasteiger partial charge in [-0.3, -0.25) is 15.0 Å². The lowest BCUT2D eigenvalue weighted by molar-refractivity contribution is -0.136. The van der Waals surface area contributed by atoms with Crippen LogP contribution in [0.25, 0.3) is 10.8 Å². The molecule has 3 aromatic carbocycles. The van der Waals surface area contributed by atoms with Gasteiger partial charge in [-0.15, -0.1) is 0 Å². The summed E-state index contributed by atoms with van der Waals surface area (Å²) in [6.45, 7) is 0.758. The molecule has 2 amide bonds. The fraction of sp³-hybridized carbons (Fsp3) is 0.321. The second kappa shape index (κ2) is 12.2. The van der Waals surface area contributed by atoms with Gasteiger partial charge in [0.15, 0.2) is 0 Å². The number of hydrogen-bond donors (Lipinski definition) is 4. The summed E-state index contributed by atoms with van der Waals surface area (Å²) < 4.78 is 28.1. The van der Waals surface area contributed by atoms with Gasteiger partial charge in [0.25, 0.3) is 0 Å². The van der Waals surface area contributed by atoms with Gasteiger partial charge in [0.1, 0.15) is 11.9 Å². The molecule has 0 aromatic heterocycles. The van der Waals surface area contributed by atoms with Gasteiger partial charge < -0.3 is 16.0 Å². The largest absolute Gasteiger partial charge is 0.384 e. The molecule has 1 aliphatic heterocycles. The van der Waals surface area contributed by atoms with E-state index in [2.05, 4.69) is 10.0 Å². The topological polar surface area (TPSA) is 145 Å². The van der Waals surface area contributed by atoms with E-state index in [0.29, 0.717) is 18.7 Å². The molecule has 0 spiro atoms. The maximum atomic E-state index is 13.4. The second-order valence-electron chi connectivity index (χ2n) is 9.51. The van der Waals surface area contributed by atoms with Crippen LogP contribution < -0.4 is 15.8 Å². The van der Waals surface area contributed by atoms with Crippen molar-refractivity contribution >= 4 is 38.4 Å². The minimum Gasteiger partial charge on any atom is -0.384 e. The molecule has 3 aromatic rings. The summed E-state index contributed by atoms with van der Waals surface area (Å²) in [6, 6.07) is 18.3. The molecule has 0 radical (unpaired) electrons. The Balaban J connectivity index is 1.46. The number of nitrogens with two attached hydrogens (primary N) is 1. The van der Waals surface area contributed by atoms with Crippen molar-refractivity contribution in [1.82, 2.24) is 14.9 Å². The molecule has 0 unspecified atom stereocenters. The monoisotopic (exact) mass is 535 g/mol. The fourth-order valence-corrected chi connectivity index (χ4v) is 5.61. The van der Waals surface area contributed by atoms with Gasteiger partial charge in [0.2, 0.25) is 21.8 Å². The number of benzene rings is 3. The number of rotatable bonds is 9. The van der Waals surface area contributed by atoms with Gasteiger partial charge in [-0.2, -0.15) is 0 Å². The number of nitrogen functional groups attached to an aromatic ring is 1. The molecule has 0 aliphatic carbocycles. The highest BCUT2D eigenvalue weighted by atomic mass is 32.2. The molecule has 1 heterocycles. The number of fused-ring (bicyclic) bond motifs is 1. The average molecular weight is 536 g/mol. The first-order chi connectivity index (χ1) is 18.2. The van der Waals surface area contributed by atoms with Crippen molar-refractivity contribution in [1.29, 1.82) is 5.41 Å². The lowest BCUT2D eigenvalue weighted by Crippen LogP contribution is -2.52. The molecule has 1 saturated heterocycles. The Labute approximate surface area is 223 Å². The standard InChI is InChI=1S/C28H33N5O4S/c29-27(30)22-11-9-20(10-12-22)17-25(28(35)33-15-5-1-2-6-16-33)32-26(34)19-31-38(36,37)24-14-13-21-7-3-4-8-23(21)18-24/h3-4,7-14,18,25,31H,1-2,5-6,15-17,19H2,(H3,29,30)(H,32,34)/t25-/m1/s1. The minimum absolute atomic E-state index is 0.0549. The Morgan fingerprint density at radius 3 is 2.24 bits per heavy atom. The van der Waals surface area contributed by atoms with Crippen molar-refractivity contribution < 1.29 is 18.0 Å². The van der Waals surface area contributed by atoms with Crippen LogP contribution >= 0.6 is 0 Å². The number of amidine groups is 1. The van der Waals surface area contributed by atoms with Crippen molar-refractivity contribution in [3.05, 3.63) is 77.9 Å². The summed E-state index contributed by atoms with van der Waals surface area (Å²) in [7, 11) is -3.94. The number of hydrogen-bond acceptors (Lipinski definition) is 5. The van der Waals surface area contributed by atoms with Crippen molar-refractivity contribution in [2.24, 2.45) is 5.73 Å². The molecule has 0 bridgehead atoms. The summed E-state index contributed by atoms with van der Waals surface area (Å²) in [5.74, 6) is -0.836. The number of likely N-dealkylation sites (tertiary alicyclic amines) is 1. The maximum absolute atomic E-state index is 13.4. The zero-order valence-electron chi connectivity index (χ0n) is 21.2. The van der Waals surface area contributed by atoms with E-state index in [1.807, 2.05) is 24.3 Å². The third-order valence-electron chi connectivity index (χ3n) is 6.71.